The summed E-state index contributed by atoms with van der Waals surface area (Å²) >= 11 is 6.96. The molecule has 0 aliphatic heterocycles. The van der Waals surface area contributed by atoms with Gasteiger partial charge in [0.2, 0.25) is 5.89 Å². The summed E-state index contributed by atoms with van der Waals surface area (Å²) in [6.07, 6.45) is 3.14. The van der Waals surface area contributed by atoms with Gasteiger partial charge in [-0.1, -0.05) is 5.16 Å². The number of aromatic amines is 1. The minimum atomic E-state index is -0.0596. The molecule has 21 heavy (non-hydrogen) atoms. The van der Waals surface area contributed by atoms with E-state index in [9.17, 15) is 4.79 Å². The summed E-state index contributed by atoms with van der Waals surface area (Å²) < 4.78 is 6.85. The molecule has 0 radical (unpaired) electrons. The van der Waals surface area contributed by atoms with E-state index in [0.717, 1.165) is 29.5 Å². The average Bonchev–Trinajstić information content (AvgIpc) is 3.10. The Bertz CT molecular complexity index is 963. The zero-order valence-corrected chi connectivity index (χ0v) is 12.9. The molecule has 0 bridgehead atoms. The molecule has 4 rings (SSSR count). The van der Waals surface area contributed by atoms with Gasteiger partial charge >= 0.3 is 0 Å². The molecule has 6 nitrogen and oxygen atoms in total. The van der Waals surface area contributed by atoms with Gasteiger partial charge in [-0.15, -0.1) is 11.3 Å². The van der Waals surface area contributed by atoms with Gasteiger partial charge in [0.15, 0.2) is 10.6 Å². The van der Waals surface area contributed by atoms with Crippen molar-refractivity contribution in [1.82, 2.24) is 19.7 Å². The van der Waals surface area contributed by atoms with Crippen LogP contribution < -0.4 is 5.56 Å². The summed E-state index contributed by atoms with van der Waals surface area (Å²) in [4.78, 5) is 22.3. The zero-order chi connectivity index (χ0) is 14.6. The van der Waals surface area contributed by atoms with Crippen molar-refractivity contribution in [1.29, 1.82) is 0 Å². The standard InChI is InChI=1S/C13H12N4O2S2/c1-6-14-9(16-19-6)5-17-12(18)10-7-3-2-4-8(7)21-11(10)15-13(17)20/h2-5H2,1H3,(H,15,20). The monoisotopic (exact) mass is 320 g/mol. The molecule has 0 aromatic carbocycles. The summed E-state index contributed by atoms with van der Waals surface area (Å²) in [5.41, 5.74) is 1.12. The number of H-pyrrole nitrogens is 1. The number of fused-ring (bicyclic) bond motifs is 3. The molecule has 0 atom stereocenters. The minimum absolute atomic E-state index is 0.0596. The van der Waals surface area contributed by atoms with Gasteiger partial charge in [0, 0.05) is 11.8 Å². The molecule has 1 aliphatic rings. The first-order valence-electron chi connectivity index (χ1n) is 6.70. The van der Waals surface area contributed by atoms with Crippen LogP contribution in [0.3, 0.4) is 0 Å². The fraction of sp³-hybridized carbons (Fsp3) is 0.385. The first-order chi connectivity index (χ1) is 10.1. The summed E-state index contributed by atoms with van der Waals surface area (Å²) in [6, 6.07) is 0. The summed E-state index contributed by atoms with van der Waals surface area (Å²) in [5, 5.41) is 4.61. The van der Waals surface area contributed by atoms with Crippen LogP contribution in [-0.2, 0) is 19.4 Å². The number of aryl methyl sites for hydroxylation is 3. The van der Waals surface area contributed by atoms with Crippen molar-refractivity contribution in [2.45, 2.75) is 32.7 Å². The summed E-state index contributed by atoms with van der Waals surface area (Å²) in [5.74, 6) is 0.936. The van der Waals surface area contributed by atoms with Gasteiger partial charge in [-0.05, 0) is 37.0 Å². The molecule has 1 aliphatic carbocycles. The third kappa shape index (κ3) is 1.97. The van der Waals surface area contributed by atoms with Crippen molar-refractivity contribution < 1.29 is 4.52 Å². The molecule has 0 saturated heterocycles. The molecule has 108 valence electrons. The maximum absolute atomic E-state index is 12.8. The molecule has 8 heteroatoms. The van der Waals surface area contributed by atoms with Crippen LogP contribution in [0.25, 0.3) is 10.2 Å². The SMILES string of the molecule is Cc1nc(Cn2c(=S)[nH]c3sc4c(c3c2=O)CCC4)no1. The Morgan fingerprint density at radius 3 is 3.10 bits per heavy atom. The Morgan fingerprint density at radius 1 is 1.48 bits per heavy atom. The number of thiophene rings is 1. The molecule has 0 amide bonds. The van der Waals surface area contributed by atoms with E-state index in [1.165, 1.54) is 15.0 Å². The van der Waals surface area contributed by atoms with E-state index >= 15 is 0 Å². The van der Waals surface area contributed by atoms with Gasteiger partial charge in [0.05, 0.1) is 11.9 Å². The first-order valence-corrected chi connectivity index (χ1v) is 7.92. The van der Waals surface area contributed by atoms with Crippen LogP contribution in [0.1, 0.15) is 28.6 Å². The van der Waals surface area contributed by atoms with E-state index in [4.69, 9.17) is 16.7 Å². The first kappa shape index (κ1) is 12.9. The number of hydrogen-bond donors (Lipinski definition) is 1. The molecule has 3 heterocycles. The Labute approximate surface area is 128 Å². The van der Waals surface area contributed by atoms with Crippen molar-refractivity contribution in [2.24, 2.45) is 0 Å². The van der Waals surface area contributed by atoms with E-state index in [0.29, 0.717) is 16.5 Å². The number of hydrogen-bond acceptors (Lipinski definition) is 6. The van der Waals surface area contributed by atoms with Crippen molar-refractivity contribution in [2.75, 3.05) is 0 Å². The van der Waals surface area contributed by atoms with Crippen LogP contribution in [0.15, 0.2) is 9.32 Å². The molecular weight excluding hydrogens is 308 g/mol. The summed E-state index contributed by atoms with van der Waals surface area (Å²) in [7, 11) is 0. The predicted molar refractivity (Wildman–Crippen MR) is 81.4 cm³/mol. The average molecular weight is 320 g/mol. The lowest BCUT2D eigenvalue weighted by Gasteiger charge is -2.04. The minimum Gasteiger partial charge on any atom is -0.340 e. The van der Waals surface area contributed by atoms with E-state index < -0.39 is 0 Å². The van der Waals surface area contributed by atoms with E-state index in [1.54, 1.807) is 18.3 Å². The van der Waals surface area contributed by atoms with Gasteiger partial charge in [0.25, 0.3) is 5.56 Å². The van der Waals surface area contributed by atoms with Crippen molar-refractivity contribution in [3.8, 4) is 0 Å². The van der Waals surface area contributed by atoms with Crippen LogP contribution in [-0.4, -0.2) is 19.7 Å². The molecule has 0 saturated carbocycles. The Kier molecular flexibility index (Phi) is 2.83. The van der Waals surface area contributed by atoms with Gasteiger partial charge < -0.3 is 9.51 Å². The highest BCUT2D eigenvalue weighted by Gasteiger charge is 2.21. The number of nitrogens with zero attached hydrogens (tertiary/aromatic N) is 3. The second-order valence-electron chi connectivity index (χ2n) is 5.11. The molecule has 0 spiro atoms. The smallest absolute Gasteiger partial charge is 0.263 e. The Hall–Kier alpha value is -1.80. The highest BCUT2D eigenvalue weighted by molar-refractivity contribution is 7.71. The fourth-order valence-corrected chi connectivity index (χ4v) is 4.40. The third-order valence-corrected chi connectivity index (χ3v) is 5.24. The third-order valence-electron chi connectivity index (χ3n) is 3.72. The normalized spacial score (nSPS) is 14.0. The zero-order valence-electron chi connectivity index (χ0n) is 11.3. The number of aromatic nitrogens is 4. The van der Waals surface area contributed by atoms with E-state index in [-0.39, 0.29) is 12.1 Å². The lowest BCUT2D eigenvalue weighted by Crippen LogP contribution is -2.23. The molecule has 3 aromatic heterocycles. The second-order valence-corrected chi connectivity index (χ2v) is 6.60. The fourth-order valence-electron chi connectivity index (χ4n) is 2.80. The van der Waals surface area contributed by atoms with Gasteiger partial charge in [-0.25, -0.2) is 0 Å². The molecule has 0 fully saturated rings. The maximum Gasteiger partial charge on any atom is 0.263 e. The van der Waals surface area contributed by atoms with Crippen LogP contribution >= 0.6 is 23.6 Å². The largest absolute Gasteiger partial charge is 0.340 e. The maximum atomic E-state index is 12.8. The Morgan fingerprint density at radius 2 is 2.33 bits per heavy atom. The Balaban J connectivity index is 1.93. The van der Waals surface area contributed by atoms with Crippen LogP contribution in [0.5, 0.6) is 0 Å². The van der Waals surface area contributed by atoms with Gasteiger partial charge in [-0.2, -0.15) is 4.98 Å². The molecule has 1 N–H and O–H groups in total. The lowest BCUT2D eigenvalue weighted by atomic mass is 10.2. The van der Waals surface area contributed by atoms with Gasteiger partial charge in [-0.3, -0.25) is 9.36 Å². The molecule has 3 aromatic rings. The van der Waals surface area contributed by atoms with Crippen LogP contribution in [0.2, 0.25) is 0 Å². The van der Waals surface area contributed by atoms with Crippen LogP contribution in [0, 0.1) is 11.7 Å². The van der Waals surface area contributed by atoms with E-state index in [1.807, 2.05) is 0 Å². The highest BCUT2D eigenvalue weighted by Crippen LogP contribution is 2.34. The van der Waals surface area contributed by atoms with Crippen molar-refractivity contribution in [3.05, 3.63) is 37.3 Å². The van der Waals surface area contributed by atoms with Crippen LogP contribution in [0.4, 0.5) is 0 Å². The topological polar surface area (TPSA) is 76.7 Å². The van der Waals surface area contributed by atoms with Crippen molar-refractivity contribution >= 4 is 33.8 Å². The highest BCUT2D eigenvalue weighted by atomic mass is 32.1. The number of nitrogens with one attached hydrogen (secondary N) is 1. The second kappa shape index (κ2) is 4.60. The lowest BCUT2D eigenvalue weighted by molar-refractivity contribution is 0.385. The quantitative estimate of drug-likeness (QED) is 0.733. The molecular formula is C13H12N4O2S2. The number of rotatable bonds is 2. The van der Waals surface area contributed by atoms with Crippen molar-refractivity contribution in [3.63, 3.8) is 0 Å². The molecule has 0 unspecified atom stereocenters. The van der Waals surface area contributed by atoms with Gasteiger partial charge in [0.1, 0.15) is 4.83 Å². The predicted octanol–water partition coefficient (Wildman–Crippen LogP) is 2.35. The summed E-state index contributed by atoms with van der Waals surface area (Å²) in [6.45, 7) is 1.95. The van der Waals surface area contributed by atoms with E-state index in [2.05, 4.69) is 15.1 Å².